The lowest BCUT2D eigenvalue weighted by Gasteiger charge is -2.18. The molecule has 0 spiro atoms. The van der Waals surface area contributed by atoms with Crippen molar-refractivity contribution in [2.75, 3.05) is 7.11 Å². The van der Waals surface area contributed by atoms with Crippen molar-refractivity contribution in [2.24, 2.45) is 11.7 Å². The highest BCUT2D eigenvalue weighted by Crippen LogP contribution is 2.05. The van der Waals surface area contributed by atoms with Crippen molar-refractivity contribution in [3.63, 3.8) is 0 Å². The first-order chi connectivity index (χ1) is 8.95. The maximum Gasteiger partial charge on any atom is 0.339 e. The van der Waals surface area contributed by atoms with Crippen molar-refractivity contribution >= 4 is 11.9 Å². The molecule has 0 aliphatic heterocycles. The number of nitrogens with two attached hydrogens (primary N) is 1. The molecule has 0 fully saturated rings. The fourth-order valence-corrected chi connectivity index (χ4v) is 1.65. The fraction of sp³-hybridized carbons (Fsp3) is 0.462. The predicted molar refractivity (Wildman–Crippen MR) is 70.2 cm³/mol. The van der Waals surface area contributed by atoms with E-state index in [2.05, 4.69) is 15.0 Å². The molecule has 0 aromatic carbocycles. The number of amides is 1. The van der Waals surface area contributed by atoms with Crippen LogP contribution in [0.1, 0.15) is 29.9 Å². The molecule has 1 rings (SSSR count). The summed E-state index contributed by atoms with van der Waals surface area (Å²) in [5, 5.41) is 3.04. The largest absolute Gasteiger partial charge is 0.465 e. The van der Waals surface area contributed by atoms with Crippen LogP contribution < -0.4 is 11.1 Å². The van der Waals surface area contributed by atoms with E-state index in [1.54, 1.807) is 12.1 Å². The van der Waals surface area contributed by atoms with Crippen molar-refractivity contribution in [1.82, 2.24) is 10.3 Å². The van der Waals surface area contributed by atoms with Crippen molar-refractivity contribution in [1.29, 1.82) is 0 Å². The van der Waals surface area contributed by atoms with E-state index in [1.165, 1.54) is 13.3 Å². The Morgan fingerprint density at radius 2 is 2.11 bits per heavy atom. The van der Waals surface area contributed by atoms with Crippen LogP contribution in [0.5, 0.6) is 0 Å². The standard InChI is InChI=1S/C13H19N3O3/c1-8(2)11(12(14)17)16-7-10-5-4-9(6-15-10)13(18)19-3/h4-6,8,11,16H,7H2,1-3H3,(H2,14,17). The van der Waals surface area contributed by atoms with E-state index in [9.17, 15) is 9.59 Å². The van der Waals surface area contributed by atoms with Gasteiger partial charge in [-0.1, -0.05) is 13.8 Å². The molecule has 19 heavy (non-hydrogen) atoms. The second-order valence-corrected chi connectivity index (χ2v) is 4.53. The highest BCUT2D eigenvalue weighted by Gasteiger charge is 2.18. The lowest BCUT2D eigenvalue weighted by molar-refractivity contribution is -0.121. The van der Waals surface area contributed by atoms with Crippen molar-refractivity contribution in [3.05, 3.63) is 29.6 Å². The van der Waals surface area contributed by atoms with Gasteiger partial charge in [-0.2, -0.15) is 0 Å². The van der Waals surface area contributed by atoms with Crippen molar-refractivity contribution in [2.45, 2.75) is 26.4 Å². The maximum absolute atomic E-state index is 11.2. The Balaban J connectivity index is 2.63. The molecular formula is C13H19N3O3. The molecule has 0 bridgehead atoms. The number of rotatable bonds is 6. The van der Waals surface area contributed by atoms with Crippen LogP contribution in [-0.2, 0) is 16.1 Å². The Kier molecular flexibility index (Phi) is 5.44. The average Bonchev–Trinajstić information content (AvgIpc) is 2.38. The van der Waals surface area contributed by atoms with Crippen LogP contribution in [0.3, 0.4) is 0 Å². The number of ether oxygens (including phenoxy) is 1. The van der Waals surface area contributed by atoms with Gasteiger partial charge in [-0.25, -0.2) is 4.79 Å². The third-order valence-corrected chi connectivity index (χ3v) is 2.72. The topological polar surface area (TPSA) is 94.3 Å². The second kappa shape index (κ2) is 6.84. The van der Waals surface area contributed by atoms with Crippen molar-refractivity contribution in [3.8, 4) is 0 Å². The summed E-state index contributed by atoms with van der Waals surface area (Å²) < 4.78 is 4.58. The molecule has 104 valence electrons. The van der Waals surface area contributed by atoms with Crippen molar-refractivity contribution < 1.29 is 14.3 Å². The monoisotopic (exact) mass is 265 g/mol. The molecule has 1 aromatic heterocycles. The zero-order chi connectivity index (χ0) is 14.4. The number of hydrogen-bond donors (Lipinski definition) is 2. The van der Waals surface area contributed by atoms with Crippen LogP contribution in [0.4, 0.5) is 0 Å². The van der Waals surface area contributed by atoms with E-state index >= 15 is 0 Å². The number of methoxy groups -OCH3 is 1. The van der Waals surface area contributed by atoms with Gasteiger partial charge in [0.15, 0.2) is 0 Å². The molecule has 6 heteroatoms. The van der Waals surface area contributed by atoms with Crippen LogP contribution in [0.15, 0.2) is 18.3 Å². The summed E-state index contributed by atoms with van der Waals surface area (Å²) in [6.45, 7) is 4.24. The molecular weight excluding hydrogens is 246 g/mol. The summed E-state index contributed by atoms with van der Waals surface area (Å²) in [7, 11) is 1.32. The van der Waals surface area contributed by atoms with E-state index in [0.717, 1.165) is 5.69 Å². The quantitative estimate of drug-likeness (QED) is 0.729. The molecule has 1 aromatic rings. The number of carbonyl (C=O) groups is 2. The number of aromatic nitrogens is 1. The number of carbonyl (C=O) groups excluding carboxylic acids is 2. The SMILES string of the molecule is COC(=O)c1ccc(CNC(C(N)=O)C(C)C)nc1. The molecule has 1 unspecified atom stereocenters. The summed E-state index contributed by atoms with van der Waals surface area (Å²) in [4.78, 5) is 26.6. The predicted octanol–water partition coefficient (Wildman–Crippen LogP) is 0.468. The Morgan fingerprint density at radius 1 is 1.42 bits per heavy atom. The minimum atomic E-state index is -0.427. The van der Waals surface area contributed by atoms with Gasteiger partial charge in [0.2, 0.25) is 5.91 Å². The van der Waals surface area contributed by atoms with Gasteiger partial charge in [-0.3, -0.25) is 15.1 Å². The Labute approximate surface area is 112 Å². The molecule has 3 N–H and O–H groups in total. The minimum Gasteiger partial charge on any atom is -0.465 e. The number of nitrogens with zero attached hydrogens (tertiary/aromatic N) is 1. The molecule has 0 saturated carbocycles. The third-order valence-electron chi connectivity index (χ3n) is 2.72. The normalized spacial score (nSPS) is 12.2. The van der Waals surface area contributed by atoms with Gasteiger partial charge in [0, 0.05) is 12.7 Å². The first-order valence-corrected chi connectivity index (χ1v) is 6.01. The van der Waals surface area contributed by atoms with Crippen LogP contribution in [0, 0.1) is 5.92 Å². The van der Waals surface area contributed by atoms with E-state index in [0.29, 0.717) is 12.1 Å². The van der Waals surface area contributed by atoms with Crippen LogP contribution in [0.2, 0.25) is 0 Å². The Bertz CT molecular complexity index is 443. The number of pyridine rings is 1. The molecule has 1 amide bonds. The zero-order valence-electron chi connectivity index (χ0n) is 11.3. The van der Waals surface area contributed by atoms with Gasteiger partial charge < -0.3 is 10.5 Å². The summed E-state index contributed by atoms with van der Waals surface area (Å²) >= 11 is 0. The Hall–Kier alpha value is -1.95. The van der Waals surface area contributed by atoms with Gasteiger partial charge >= 0.3 is 5.97 Å². The first kappa shape index (κ1) is 15.1. The lowest BCUT2D eigenvalue weighted by atomic mass is 10.0. The summed E-state index contributed by atoms with van der Waals surface area (Å²) in [6.07, 6.45) is 1.44. The lowest BCUT2D eigenvalue weighted by Crippen LogP contribution is -2.44. The number of nitrogens with one attached hydrogen (secondary N) is 1. The van der Waals surface area contributed by atoms with E-state index in [1.807, 2.05) is 13.8 Å². The molecule has 0 aliphatic rings. The van der Waals surface area contributed by atoms with Gasteiger partial charge in [-0.05, 0) is 18.1 Å². The fourth-order valence-electron chi connectivity index (χ4n) is 1.65. The summed E-state index contributed by atoms with van der Waals surface area (Å²) in [5.41, 5.74) is 6.41. The van der Waals surface area contributed by atoms with E-state index < -0.39 is 12.0 Å². The first-order valence-electron chi connectivity index (χ1n) is 6.01. The summed E-state index contributed by atoms with van der Waals surface area (Å²) in [6, 6.07) is 2.93. The molecule has 0 radical (unpaired) electrons. The van der Waals surface area contributed by atoms with Gasteiger partial charge in [0.25, 0.3) is 0 Å². The minimum absolute atomic E-state index is 0.104. The number of primary amides is 1. The third kappa shape index (κ3) is 4.33. The van der Waals surface area contributed by atoms with E-state index in [-0.39, 0.29) is 11.8 Å². The summed E-state index contributed by atoms with van der Waals surface area (Å²) in [5.74, 6) is -0.711. The van der Waals surface area contributed by atoms with Crippen LogP contribution in [0.25, 0.3) is 0 Å². The Morgan fingerprint density at radius 3 is 2.53 bits per heavy atom. The molecule has 1 atom stereocenters. The molecule has 0 aliphatic carbocycles. The zero-order valence-corrected chi connectivity index (χ0v) is 11.3. The van der Waals surface area contributed by atoms with Gasteiger partial charge in [0.1, 0.15) is 0 Å². The average molecular weight is 265 g/mol. The highest BCUT2D eigenvalue weighted by atomic mass is 16.5. The highest BCUT2D eigenvalue weighted by molar-refractivity contribution is 5.88. The number of hydrogen-bond acceptors (Lipinski definition) is 5. The van der Waals surface area contributed by atoms with Crippen LogP contribution in [-0.4, -0.2) is 30.0 Å². The van der Waals surface area contributed by atoms with Gasteiger partial charge in [0.05, 0.1) is 24.4 Å². The molecule has 0 saturated heterocycles. The second-order valence-electron chi connectivity index (χ2n) is 4.53. The van der Waals surface area contributed by atoms with E-state index in [4.69, 9.17) is 5.73 Å². The van der Waals surface area contributed by atoms with Crippen LogP contribution >= 0.6 is 0 Å². The molecule has 1 heterocycles. The number of esters is 1. The smallest absolute Gasteiger partial charge is 0.339 e. The van der Waals surface area contributed by atoms with Gasteiger partial charge in [-0.15, -0.1) is 0 Å². The maximum atomic E-state index is 11.2. The molecule has 6 nitrogen and oxygen atoms in total.